The van der Waals surface area contributed by atoms with Crippen molar-refractivity contribution in [3.05, 3.63) is 65.9 Å². The molecule has 0 saturated carbocycles. The Balaban J connectivity index is 1.45. The Morgan fingerprint density at radius 1 is 1.27 bits per heavy atom. The quantitative estimate of drug-likeness (QED) is 0.752. The second-order valence-electron chi connectivity index (χ2n) is 6.92. The molecule has 2 aromatic carbocycles. The van der Waals surface area contributed by atoms with Gasteiger partial charge in [0.25, 0.3) is 5.91 Å². The van der Waals surface area contributed by atoms with E-state index in [4.69, 9.17) is 4.42 Å². The fourth-order valence-electron chi connectivity index (χ4n) is 3.47. The number of carbonyl (C=O) groups is 1. The predicted octanol–water partition coefficient (Wildman–Crippen LogP) is 3.79. The van der Waals surface area contributed by atoms with Crippen LogP contribution < -0.4 is 10.6 Å². The number of rotatable bonds is 4. The molecule has 3 aromatic rings. The largest absolute Gasteiger partial charge is 0.448 e. The van der Waals surface area contributed by atoms with Crippen LogP contribution in [0, 0.1) is 0 Å². The molecule has 2 unspecified atom stereocenters. The number of nitrogens with one attached hydrogen (secondary N) is 2. The van der Waals surface area contributed by atoms with E-state index < -0.39 is 0 Å². The number of amides is 1. The highest BCUT2D eigenvalue weighted by Gasteiger charge is 2.22. The lowest BCUT2D eigenvalue weighted by Gasteiger charge is -2.19. The number of piperidine rings is 1. The summed E-state index contributed by atoms with van der Waals surface area (Å²) in [5.74, 6) is 0.702. The van der Waals surface area contributed by atoms with Gasteiger partial charge in [-0.3, -0.25) is 4.79 Å². The Morgan fingerprint density at radius 3 is 2.92 bits per heavy atom. The van der Waals surface area contributed by atoms with Crippen molar-refractivity contribution in [2.75, 3.05) is 13.1 Å². The van der Waals surface area contributed by atoms with Gasteiger partial charge in [0, 0.05) is 12.5 Å². The molecule has 2 atom stereocenters. The summed E-state index contributed by atoms with van der Waals surface area (Å²) < 4.78 is 5.56. The summed E-state index contributed by atoms with van der Waals surface area (Å²) in [6.07, 6.45) is 3.61. The van der Waals surface area contributed by atoms with Crippen LogP contribution in [0.15, 0.2) is 53.1 Å². The van der Waals surface area contributed by atoms with Crippen molar-refractivity contribution in [2.24, 2.45) is 0 Å². The summed E-state index contributed by atoms with van der Waals surface area (Å²) in [6.45, 7) is 3.87. The smallest absolute Gasteiger partial charge is 0.273 e. The summed E-state index contributed by atoms with van der Waals surface area (Å²) in [5.41, 5.74) is 1.41. The van der Waals surface area contributed by atoms with Gasteiger partial charge in [0.15, 0.2) is 11.6 Å². The first-order valence-electron chi connectivity index (χ1n) is 9.16. The second-order valence-corrected chi connectivity index (χ2v) is 6.92. The summed E-state index contributed by atoms with van der Waals surface area (Å²) in [4.78, 5) is 17.0. The summed E-state index contributed by atoms with van der Waals surface area (Å²) in [5, 5.41) is 8.71. The monoisotopic (exact) mass is 349 g/mol. The standard InChI is InChI=1S/C21H23N3O2/c1-14(16-9-8-15-5-2-3-6-17(15)11-16)23-20(25)19-13-26-21(24-19)18-7-4-10-22-12-18/h2-3,5-6,8-9,11,13-14,18,22H,4,7,10,12H2,1H3,(H,23,25). The number of benzene rings is 2. The summed E-state index contributed by atoms with van der Waals surface area (Å²) in [6, 6.07) is 14.3. The van der Waals surface area contributed by atoms with Crippen LogP contribution in [-0.4, -0.2) is 24.0 Å². The van der Waals surface area contributed by atoms with E-state index in [9.17, 15) is 4.79 Å². The molecule has 1 fully saturated rings. The maximum Gasteiger partial charge on any atom is 0.273 e. The number of carbonyl (C=O) groups excluding carboxylic acids is 1. The van der Waals surface area contributed by atoms with Crippen molar-refractivity contribution in [2.45, 2.75) is 31.7 Å². The molecule has 0 bridgehead atoms. The molecule has 1 amide bonds. The van der Waals surface area contributed by atoms with Gasteiger partial charge in [-0.2, -0.15) is 0 Å². The zero-order valence-electron chi connectivity index (χ0n) is 14.9. The fourth-order valence-corrected chi connectivity index (χ4v) is 3.47. The Bertz CT molecular complexity index is 912. The number of nitrogens with zero attached hydrogens (tertiary/aromatic N) is 1. The SMILES string of the molecule is CC(NC(=O)c1coc(C2CCCNC2)n1)c1ccc2ccccc2c1. The first kappa shape index (κ1) is 16.8. The molecular weight excluding hydrogens is 326 g/mol. The Morgan fingerprint density at radius 2 is 2.12 bits per heavy atom. The van der Waals surface area contributed by atoms with E-state index >= 15 is 0 Å². The van der Waals surface area contributed by atoms with Crippen LogP contribution in [0.1, 0.15) is 53.7 Å². The average Bonchev–Trinajstić information content (AvgIpc) is 3.18. The molecule has 2 N–H and O–H groups in total. The third-order valence-electron chi connectivity index (χ3n) is 5.02. The number of oxazole rings is 1. The first-order chi connectivity index (χ1) is 12.7. The van der Waals surface area contributed by atoms with Gasteiger partial charge in [-0.1, -0.05) is 36.4 Å². The number of fused-ring (bicyclic) bond motifs is 1. The molecule has 5 nitrogen and oxygen atoms in total. The van der Waals surface area contributed by atoms with Gasteiger partial charge in [0.1, 0.15) is 6.26 Å². The van der Waals surface area contributed by atoms with Crippen LogP contribution in [0.4, 0.5) is 0 Å². The third-order valence-corrected chi connectivity index (χ3v) is 5.02. The molecule has 4 rings (SSSR count). The van der Waals surface area contributed by atoms with Crippen LogP contribution in [0.25, 0.3) is 10.8 Å². The van der Waals surface area contributed by atoms with Crippen LogP contribution in [-0.2, 0) is 0 Å². The van der Waals surface area contributed by atoms with E-state index in [-0.39, 0.29) is 17.9 Å². The van der Waals surface area contributed by atoms with Crippen molar-refractivity contribution < 1.29 is 9.21 Å². The molecule has 134 valence electrons. The summed E-state index contributed by atoms with van der Waals surface area (Å²) >= 11 is 0. The Labute approximate surface area is 152 Å². The summed E-state index contributed by atoms with van der Waals surface area (Å²) in [7, 11) is 0. The molecule has 5 heteroatoms. The Hall–Kier alpha value is -2.66. The van der Waals surface area contributed by atoms with Crippen molar-refractivity contribution in [3.63, 3.8) is 0 Å². The predicted molar refractivity (Wildman–Crippen MR) is 101 cm³/mol. The highest BCUT2D eigenvalue weighted by atomic mass is 16.3. The zero-order valence-corrected chi connectivity index (χ0v) is 14.9. The van der Waals surface area contributed by atoms with Crippen LogP contribution in [0.2, 0.25) is 0 Å². The van der Waals surface area contributed by atoms with Crippen molar-refractivity contribution in [3.8, 4) is 0 Å². The molecule has 1 aliphatic heterocycles. The fraction of sp³-hybridized carbons (Fsp3) is 0.333. The minimum Gasteiger partial charge on any atom is -0.448 e. The van der Waals surface area contributed by atoms with Crippen LogP contribution >= 0.6 is 0 Å². The lowest BCUT2D eigenvalue weighted by Crippen LogP contribution is -2.29. The van der Waals surface area contributed by atoms with E-state index in [0.29, 0.717) is 11.6 Å². The molecule has 0 aliphatic carbocycles. The molecule has 0 radical (unpaired) electrons. The van der Waals surface area contributed by atoms with Crippen LogP contribution in [0.5, 0.6) is 0 Å². The number of aromatic nitrogens is 1. The molecule has 1 aliphatic rings. The topological polar surface area (TPSA) is 67.2 Å². The number of hydrogen-bond acceptors (Lipinski definition) is 4. The van der Waals surface area contributed by atoms with E-state index in [0.717, 1.165) is 31.5 Å². The molecular formula is C21H23N3O2. The van der Waals surface area contributed by atoms with E-state index in [1.54, 1.807) is 0 Å². The van der Waals surface area contributed by atoms with Gasteiger partial charge in [0.2, 0.25) is 0 Å². The average molecular weight is 349 g/mol. The molecule has 1 aromatic heterocycles. The lowest BCUT2D eigenvalue weighted by molar-refractivity contribution is 0.0934. The highest BCUT2D eigenvalue weighted by molar-refractivity contribution is 5.92. The van der Waals surface area contributed by atoms with Gasteiger partial charge in [-0.25, -0.2) is 4.98 Å². The maximum absolute atomic E-state index is 12.5. The van der Waals surface area contributed by atoms with Gasteiger partial charge < -0.3 is 15.1 Å². The number of hydrogen-bond donors (Lipinski definition) is 2. The molecule has 1 saturated heterocycles. The second kappa shape index (κ2) is 7.30. The lowest BCUT2D eigenvalue weighted by atomic mass is 10.00. The van der Waals surface area contributed by atoms with Crippen molar-refractivity contribution in [1.29, 1.82) is 0 Å². The maximum atomic E-state index is 12.5. The van der Waals surface area contributed by atoms with Gasteiger partial charge in [-0.15, -0.1) is 0 Å². The van der Waals surface area contributed by atoms with Gasteiger partial charge >= 0.3 is 0 Å². The first-order valence-corrected chi connectivity index (χ1v) is 9.16. The molecule has 2 heterocycles. The van der Waals surface area contributed by atoms with Gasteiger partial charge in [-0.05, 0) is 48.7 Å². The van der Waals surface area contributed by atoms with E-state index in [1.165, 1.54) is 17.0 Å². The third kappa shape index (κ3) is 3.48. The minimum atomic E-state index is -0.204. The highest BCUT2D eigenvalue weighted by Crippen LogP contribution is 2.23. The van der Waals surface area contributed by atoms with E-state index in [2.05, 4.69) is 45.9 Å². The van der Waals surface area contributed by atoms with E-state index in [1.807, 2.05) is 19.1 Å². The molecule has 0 spiro atoms. The van der Waals surface area contributed by atoms with Crippen molar-refractivity contribution in [1.82, 2.24) is 15.6 Å². The van der Waals surface area contributed by atoms with Crippen LogP contribution in [0.3, 0.4) is 0 Å². The Kier molecular flexibility index (Phi) is 4.71. The minimum absolute atomic E-state index is 0.108. The normalized spacial score (nSPS) is 18.6. The van der Waals surface area contributed by atoms with Crippen molar-refractivity contribution >= 4 is 16.7 Å². The molecule has 26 heavy (non-hydrogen) atoms. The van der Waals surface area contributed by atoms with Gasteiger partial charge in [0.05, 0.1) is 6.04 Å². The zero-order chi connectivity index (χ0) is 17.9.